The monoisotopic (exact) mass is 453 g/mol. The van der Waals surface area contributed by atoms with E-state index in [9.17, 15) is 26.4 Å². The molecule has 1 unspecified atom stereocenters. The summed E-state index contributed by atoms with van der Waals surface area (Å²) in [5.41, 5.74) is 0.0903. The summed E-state index contributed by atoms with van der Waals surface area (Å²) in [5.74, 6) is -3.55. The standard InChI is InChI=1S/C21H22F3N3O3S/c1-13(8-10-31(2,29)30)26-21(28)20-17(23)11-14(12-25-20)27-9-4-7-18(27)15-5-3-6-16(22)19(15)24/h3,5-6,8,10-13,18H,4,7,9H2,1-2H3,(H,26,28)/b10-8+/t13-,18?/m1/s1. The number of hydrogen-bond acceptors (Lipinski definition) is 5. The van der Waals surface area contributed by atoms with Crippen LogP contribution in [0.4, 0.5) is 18.9 Å². The normalized spacial score (nSPS) is 17.8. The number of carbonyl (C=O) groups is 1. The van der Waals surface area contributed by atoms with Crippen LogP contribution >= 0.6 is 0 Å². The molecule has 10 heteroatoms. The molecule has 1 saturated heterocycles. The number of anilines is 1. The second-order valence-electron chi connectivity index (χ2n) is 7.44. The molecule has 1 aromatic carbocycles. The van der Waals surface area contributed by atoms with E-state index in [0.29, 0.717) is 25.1 Å². The summed E-state index contributed by atoms with van der Waals surface area (Å²) in [6.07, 6.45) is 4.86. The number of rotatable bonds is 6. The van der Waals surface area contributed by atoms with Crippen molar-refractivity contribution in [3.05, 3.63) is 70.7 Å². The van der Waals surface area contributed by atoms with Gasteiger partial charge in [0.05, 0.1) is 17.9 Å². The van der Waals surface area contributed by atoms with Gasteiger partial charge in [0, 0.05) is 35.9 Å². The van der Waals surface area contributed by atoms with Crippen LogP contribution in [0.1, 0.15) is 41.9 Å². The van der Waals surface area contributed by atoms with Gasteiger partial charge in [0.25, 0.3) is 5.91 Å². The Morgan fingerprint density at radius 2 is 2.03 bits per heavy atom. The fraction of sp³-hybridized carbons (Fsp3) is 0.333. The molecule has 0 radical (unpaired) electrons. The minimum atomic E-state index is -3.35. The molecule has 1 aliphatic rings. The summed E-state index contributed by atoms with van der Waals surface area (Å²) in [6.45, 7) is 2.04. The molecule has 0 aliphatic carbocycles. The number of nitrogens with zero attached hydrogens (tertiary/aromatic N) is 2. The lowest BCUT2D eigenvalue weighted by atomic mass is 10.0. The maximum absolute atomic E-state index is 14.7. The summed E-state index contributed by atoms with van der Waals surface area (Å²) in [7, 11) is -3.35. The Morgan fingerprint density at radius 3 is 2.71 bits per heavy atom. The molecule has 1 aliphatic heterocycles. The lowest BCUT2D eigenvalue weighted by Gasteiger charge is -2.27. The lowest BCUT2D eigenvalue weighted by Crippen LogP contribution is -2.32. The highest BCUT2D eigenvalue weighted by atomic mass is 32.2. The summed E-state index contributed by atoms with van der Waals surface area (Å²) in [5, 5.41) is 3.40. The van der Waals surface area contributed by atoms with Crippen LogP contribution in [0.3, 0.4) is 0 Å². The highest BCUT2D eigenvalue weighted by molar-refractivity contribution is 7.93. The van der Waals surface area contributed by atoms with Crippen molar-refractivity contribution in [3.8, 4) is 0 Å². The summed E-state index contributed by atoms with van der Waals surface area (Å²) in [4.78, 5) is 17.9. The second-order valence-corrected chi connectivity index (χ2v) is 9.37. The number of sulfone groups is 1. The van der Waals surface area contributed by atoms with Crippen LogP contribution in [0.2, 0.25) is 0 Å². The maximum Gasteiger partial charge on any atom is 0.273 e. The van der Waals surface area contributed by atoms with Crippen LogP contribution < -0.4 is 10.2 Å². The first-order chi connectivity index (χ1) is 14.6. The van der Waals surface area contributed by atoms with Crippen molar-refractivity contribution >= 4 is 21.4 Å². The number of nitrogens with one attached hydrogen (secondary N) is 1. The fourth-order valence-electron chi connectivity index (χ4n) is 3.51. The van der Waals surface area contributed by atoms with Gasteiger partial charge in [-0.05, 0) is 25.8 Å². The molecule has 2 heterocycles. The molecule has 0 bridgehead atoms. The molecule has 31 heavy (non-hydrogen) atoms. The number of amides is 1. The fourth-order valence-corrected chi connectivity index (χ4v) is 4.03. The molecule has 1 amide bonds. The van der Waals surface area contributed by atoms with Gasteiger partial charge >= 0.3 is 0 Å². The predicted octanol–water partition coefficient (Wildman–Crippen LogP) is 3.52. The SMILES string of the molecule is C[C@H](/C=C/S(C)(=O)=O)NC(=O)c1ncc(N2CCCC2c2cccc(F)c2F)cc1F. The van der Waals surface area contributed by atoms with Crippen LogP contribution in [-0.4, -0.2) is 38.2 Å². The average Bonchev–Trinajstić information content (AvgIpc) is 3.17. The van der Waals surface area contributed by atoms with Gasteiger partial charge in [-0.1, -0.05) is 18.2 Å². The van der Waals surface area contributed by atoms with Crippen molar-refractivity contribution in [1.82, 2.24) is 10.3 Å². The van der Waals surface area contributed by atoms with E-state index in [-0.39, 0.29) is 5.56 Å². The van der Waals surface area contributed by atoms with Crippen LogP contribution in [0, 0.1) is 17.5 Å². The summed E-state index contributed by atoms with van der Waals surface area (Å²) < 4.78 is 64.9. The highest BCUT2D eigenvalue weighted by Gasteiger charge is 2.30. The van der Waals surface area contributed by atoms with Gasteiger partial charge in [-0.2, -0.15) is 0 Å². The topological polar surface area (TPSA) is 79.4 Å². The molecule has 1 N–H and O–H groups in total. The molecule has 2 atom stereocenters. The molecule has 2 aromatic rings. The molecular formula is C21H22F3N3O3S. The zero-order valence-corrected chi connectivity index (χ0v) is 17.8. The van der Waals surface area contributed by atoms with Gasteiger partial charge in [-0.15, -0.1) is 0 Å². The number of carbonyl (C=O) groups excluding carboxylic acids is 1. The molecule has 1 aromatic heterocycles. The van der Waals surface area contributed by atoms with Crippen molar-refractivity contribution in [2.45, 2.75) is 31.8 Å². The van der Waals surface area contributed by atoms with E-state index in [2.05, 4.69) is 10.3 Å². The third kappa shape index (κ3) is 5.43. The van der Waals surface area contributed by atoms with E-state index in [1.54, 1.807) is 4.90 Å². The first-order valence-corrected chi connectivity index (χ1v) is 11.6. The van der Waals surface area contributed by atoms with Crippen LogP contribution in [0.15, 0.2) is 41.9 Å². The van der Waals surface area contributed by atoms with Crippen LogP contribution in [0.5, 0.6) is 0 Å². The minimum absolute atomic E-state index is 0.186. The van der Waals surface area contributed by atoms with Gasteiger partial charge in [0.2, 0.25) is 0 Å². The molecule has 1 fully saturated rings. The first-order valence-electron chi connectivity index (χ1n) is 9.62. The number of hydrogen-bond donors (Lipinski definition) is 1. The second kappa shape index (κ2) is 9.09. The van der Waals surface area contributed by atoms with Gasteiger partial charge < -0.3 is 10.2 Å². The van der Waals surface area contributed by atoms with E-state index in [1.165, 1.54) is 31.3 Å². The largest absolute Gasteiger partial charge is 0.363 e. The van der Waals surface area contributed by atoms with Crippen molar-refractivity contribution in [2.75, 3.05) is 17.7 Å². The van der Waals surface area contributed by atoms with E-state index in [1.807, 2.05) is 0 Å². The van der Waals surface area contributed by atoms with Crippen LogP contribution in [-0.2, 0) is 9.84 Å². The van der Waals surface area contributed by atoms with Crippen molar-refractivity contribution < 1.29 is 26.4 Å². The molecule has 6 nitrogen and oxygen atoms in total. The van der Waals surface area contributed by atoms with Gasteiger partial charge in [-0.3, -0.25) is 4.79 Å². The Kier molecular flexibility index (Phi) is 6.68. The maximum atomic E-state index is 14.7. The van der Waals surface area contributed by atoms with E-state index in [4.69, 9.17) is 0 Å². The van der Waals surface area contributed by atoms with Crippen molar-refractivity contribution in [2.24, 2.45) is 0 Å². The Labute approximate surface area is 178 Å². The number of halogens is 3. The molecule has 166 valence electrons. The van der Waals surface area contributed by atoms with Gasteiger partial charge in [0.15, 0.2) is 33.0 Å². The van der Waals surface area contributed by atoms with Crippen LogP contribution in [0.25, 0.3) is 0 Å². The smallest absolute Gasteiger partial charge is 0.273 e. The highest BCUT2D eigenvalue weighted by Crippen LogP contribution is 2.37. The van der Waals surface area contributed by atoms with Crippen molar-refractivity contribution in [1.29, 1.82) is 0 Å². The third-order valence-corrected chi connectivity index (χ3v) is 5.59. The molecular weight excluding hydrogens is 431 g/mol. The Balaban J connectivity index is 1.79. The summed E-state index contributed by atoms with van der Waals surface area (Å²) in [6, 6.07) is 3.96. The lowest BCUT2D eigenvalue weighted by molar-refractivity contribution is 0.0937. The third-order valence-electron chi connectivity index (χ3n) is 4.94. The zero-order chi connectivity index (χ0) is 22.8. The molecule has 3 rings (SSSR count). The van der Waals surface area contributed by atoms with E-state index >= 15 is 0 Å². The number of aromatic nitrogens is 1. The van der Waals surface area contributed by atoms with E-state index < -0.39 is 51.0 Å². The number of benzene rings is 1. The van der Waals surface area contributed by atoms with E-state index in [0.717, 1.165) is 23.8 Å². The Morgan fingerprint density at radius 1 is 1.29 bits per heavy atom. The zero-order valence-electron chi connectivity index (χ0n) is 17.0. The van der Waals surface area contributed by atoms with Gasteiger partial charge in [-0.25, -0.2) is 26.6 Å². The first kappa shape index (κ1) is 22.8. The quantitative estimate of drug-likeness (QED) is 0.724. The minimum Gasteiger partial charge on any atom is -0.363 e. The predicted molar refractivity (Wildman–Crippen MR) is 111 cm³/mol. The summed E-state index contributed by atoms with van der Waals surface area (Å²) >= 11 is 0. The molecule has 0 saturated carbocycles. The van der Waals surface area contributed by atoms with Crippen molar-refractivity contribution in [3.63, 3.8) is 0 Å². The van der Waals surface area contributed by atoms with Gasteiger partial charge in [0.1, 0.15) is 0 Å². The number of pyridine rings is 1. The average molecular weight is 453 g/mol. The molecule has 0 spiro atoms. The Bertz CT molecular complexity index is 1120. The Hall–Kier alpha value is -2.88.